The Labute approximate surface area is 160 Å². The van der Waals surface area contributed by atoms with Crippen LogP contribution in [0.3, 0.4) is 0 Å². The Kier molecular flexibility index (Phi) is 3.66. The maximum Gasteiger partial charge on any atom is 0.272 e. The molecular weight excluding hydrogens is 351 g/mol. The van der Waals surface area contributed by atoms with Crippen LogP contribution in [0.4, 0.5) is 4.39 Å². The van der Waals surface area contributed by atoms with E-state index < -0.39 is 5.82 Å². The highest BCUT2D eigenvalue weighted by Gasteiger charge is 2.21. The fourth-order valence-corrected chi connectivity index (χ4v) is 3.97. The lowest BCUT2D eigenvalue weighted by molar-refractivity contribution is 0.628. The number of hydrogen-bond donors (Lipinski definition) is 0. The number of rotatable bonds is 2. The normalized spacial score (nSPS) is 11.4. The lowest BCUT2D eigenvalue weighted by atomic mass is 9.95. The summed E-state index contributed by atoms with van der Waals surface area (Å²) in [4.78, 5) is 12.8. The van der Waals surface area contributed by atoms with Gasteiger partial charge in [-0.2, -0.15) is 0 Å². The molecule has 3 aromatic carbocycles. The minimum atomic E-state index is -0.417. The smallest absolute Gasteiger partial charge is 0.267 e. The van der Waals surface area contributed by atoms with Crippen molar-refractivity contribution in [3.8, 4) is 22.4 Å². The Morgan fingerprint density at radius 2 is 1.39 bits per heavy atom. The van der Waals surface area contributed by atoms with Gasteiger partial charge in [0.1, 0.15) is 11.3 Å². The van der Waals surface area contributed by atoms with E-state index in [2.05, 4.69) is 0 Å². The molecule has 0 aliphatic heterocycles. The molecule has 4 heteroatoms. The summed E-state index contributed by atoms with van der Waals surface area (Å²) < 4.78 is 18.2. The van der Waals surface area contributed by atoms with Crippen molar-refractivity contribution < 1.29 is 4.39 Å². The highest BCUT2D eigenvalue weighted by Crippen LogP contribution is 2.38. The molecule has 5 aromatic rings. The number of hydrogen-bond acceptors (Lipinski definition) is 1. The van der Waals surface area contributed by atoms with E-state index in [0.717, 1.165) is 28.1 Å². The van der Waals surface area contributed by atoms with Crippen molar-refractivity contribution in [2.24, 2.45) is 0 Å². The minimum absolute atomic E-state index is 0.246. The second-order valence-corrected chi connectivity index (χ2v) is 6.84. The summed E-state index contributed by atoms with van der Waals surface area (Å²) in [5.41, 5.74) is 4.50. The maximum absolute atomic E-state index is 15.0. The van der Waals surface area contributed by atoms with Gasteiger partial charge in [0.2, 0.25) is 0 Å². The van der Waals surface area contributed by atoms with Crippen LogP contribution >= 0.6 is 0 Å². The van der Waals surface area contributed by atoms with Gasteiger partial charge in [0, 0.05) is 28.3 Å². The van der Waals surface area contributed by atoms with E-state index in [1.54, 1.807) is 12.1 Å². The molecule has 0 saturated heterocycles. The van der Waals surface area contributed by atoms with Crippen molar-refractivity contribution >= 4 is 10.9 Å². The zero-order chi connectivity index (χ0) is 19.3. The van der Waals surface area contributed by atoms with Crippen LogP contribution in [0.5, 0.6) is 0 Å². The average Bonchev–Trinajstić information content (AvgIpc) is 3.02. The summed E-state index contributed by atoms with van der Waals surface area (Å²) in [5.74, 6) is -0.417. The van der Waals surface area contributed by atoms with Crippen molar-refractivity contribution in [2.45, 2.75) is 6.92 Å². The molecule has 0 bridgehead atoms. The predicted molar refractivity (Wildman–Crippen MR) is 110 cm³/mol. The predicted octanol–water partition coefficient (Wildman–Crippen LogP) is 5.33. The van der Waals surface area contributed by atoms with Gasteiger partial charge in [-0.25, -0.2) is 13.4 Å². The molecule has 0 unspecified atom stereocenters. The Morgan fingerprint density at radius 1 is 0.750 bits per heavy atom. The number of aromatic nitrogens is 2. The molecule has 5 rings (SSSR count). The van der Waals surface area contributed by atoms with Crippen molar-refractivity contribution in [3.63, 3.8) is 0 Å². The van der Waals surface area contributed by atoms with Gasteiger partial charge in [0.25, 0.3) is 5.56 Å². The van der Waals surface area contributed by atoms with Crippen LogP contribution in [-0.2, 0) is 0 Å². The molecule has 0 spiro atoms. The summed E-state index contributed by atoms with van der Waals surface area (Å²) in [6, 6.07) is 26.3. The first-order chi connectivity index (χ1) is 13.7. The maximum atomic E-state index is 15.0. The molecule has 0 saturated carbocycles. The molecule has 28 heavy (non-hydrogen) atoms. The molecule has 136 valence electrons. The lowest BCUT2D eigenvalue weighted by Crippen LogP contribution is -2.16. The largest absolute Gasteiger partial charge is 0.272 e. The van der Waals surface area contributed by atoms with E-state index >= 15 is 0 Å². The average molecular weight is 368 g/mol. The third kappa shape index (κ3) is 2.31. The third-order valence-electron chi connectivity index (χ3n) is 5.10. The van der Waals surface area contributed by atoms with Gasteiger partial charge in [-0.1, -0.05) is 72.8 Å². The van der Waals surface area contributed by atoms with Crippen molar-refractivity contribution in [1.29, 1.82) is 0 Å². The van der Waals surface area contributed by atoms with Gasteiger partial charge in [-0.15, -0.1) is 0 Å². The van der Waals surface area contributed by atoms with Crippen LogP contribution in [0.25, 0.3) is 33.3 Å². The number of benzene rings is 3. The molecule has 0 aliphatic rings. The van der Waals surface area contributed by atoms with Gasteiger partial charge < -0.3 is 0 Å². The second-order valence-electron chi connectivity index (χ2n) is 6.84. The molecule has 0 amide bonds. The van der Waals surface area contributed by atoms with Crippen LogP contribution in [-0.4, -0.2) is 9.03 Å². The fraction of sp³-hybridized carbons (Fsp3) is 0.0417. The number of nitrogens with zero attached hydrogens (tertiary/aromatic N) is 2. The third-order valence-corrected chi connectivity index (χ3v) is 5.10. The first-order valence-electron chi connectivity index (χ1n) is 9.13. The summed E-state index contributed by atoms with van der Waals surface area (Å²) >= 11 is 0. The first-order valence-corrected chi connectivity index (χ1v) is 9.13. The molecule has 0 radical (unpaired) electrons. The zero-order valence-corrected chi connectivity index (χ0v) is 15.3. The molecule has 0 fully saturated rings. The molecule has 2 aromatic heterocycles. The van der Waals surface area contributed by atoms with Crippen molar-refractivity contribution in [3.05, 3.63) is 107 Å². The van der Waals surface area contributed by atoms with E-state index in [4.69, 9.17) is 0 Å². The van der Waals surface area contributed by atoms with Crippen molar-refractivity contribution in [1.82, 2.24) is 9.03 Å². The van der Waals surface area contributed by atoms with E-state index in [1.807, 2.05) is 78.2 Å². The summed E-state index contributed by atoms with van der Waals surface area (Å²) in [6.07, 6.45) is 0. The molecule has 0 N–H and O–H groups in total. The van der Waals surface area contributed by atoms with Crippen molar-refractivity contribution in [2.75, 3.05) is 0 Å². The van der Waals surface area contributed by atoms with Gasteiger partial charge in [0.05, 0.1) is 5.69 Å². The number of para-hydroxylation sites is 1. The van der Waals surface area contributed by atoms with Crippen LogP contribution in [0, 0.1) is 12.7 Å². The van der Waals surface area contributed by atoms with Crippen LogP contribution < -0.4 is 5.56 Å². The van der Waals surface area contributed by atoms with Gasteiger partial charge in [-0.3, -0.25) is 4.79 Å². The van der Waals surface area contributed by atoms with Crippen LogP contribution in [0.1, 0.15) is 5.69 Å². The van der Waals surface area contributed by atoms with E-state index in [9.17, 15) is 9.18 Å². The Balaban J connectivity index is 2.14. The fourth-order valence-electron chi connectivity index (χ4n) is 3.97. The Bertz CT molecular complexity index is 1380. The Morgan fingerprint density at radius 3 is 2.07 bits per heavy atom. The zero-order valence-electron chi connectivity index (χ0n) is 15.3. The Hall–Kier alpha value is -3.66. The van der Waals surface area contributed by atoms with Gasteiger partial charge in [0.15, 0.2) is 0 Å². The standard InChI is InChI=1S/C24H17FN2O/c1-16-15-21(28)27-24-19(13-8-14-20(24)25)22(17-9-4-2-5-10-17)23(26(16)27)18-11-6-3-7-12-18/h2-15H,1H3. The highest BCUT2D eigenvalue weighted by molar-refractivity contribution is 6.01. The summed E-state index contributed by atoms with van der Waals surface area (Å²) in [5, 5.41) is 0.706. The summed E-state index contributed by atoms with van der Waals surface area (Å²) in [6.45, 7) is 1.87. The van der Waals surface area contributed by atoms with Crippen LogP contribution in [0.2, 0.25) is 0 Å². The SMILES string of the molecule is Cc1cc(=O)n2c3c(F)cccc3c(-c3ccccc3)c(-c3ccccc3)n12. The quantitative estimate of drug-likeness (QED) is 0.413. The minimum Gasteiger partial charge on any atom is -0.267 e. The number of halogens is 1. The van der Waals surface area contributed by atoms with E-state index in [0.29, 0.717) is 10.9 Å². The highest BCUT2D eigenvalue weighted by atomic mass is 19.1. The van der Waals surface area contributed by atoms with Crippen LogP contribution in [0.15, 0.2) is 89.7 Å². The molecular formula is C24H17FN2O. The molecule has 0 atom stereocenters. The molecule has 3 nitrogen and oxygen atoms in total. The van der Waals surface area contributed by atoms with Gasteiger partial charge in [-0.05, 0) is 18.6 Å². The molecule has 2 heterocycles. The summed E-state index contributed by atoms with van der Waals surface area (Å²) in [7, 11) is 0. The molecule has 0 aliphatic carbocycles. The monoisotopic (exact) mass is 368 g/mol. The van der Waals surface area contributed by atoms with E-state index in [-0.39, 0.29) is 5.56 Å². The number of aryl methyl sites for hydroxylation is 1. The lowest BCUT2D eigenvalue weighted by Gasteiger charge is -2.19. The van der Waals surface area contributed by atoms with E-state index in [1.165, 1.54) is 10.6 Å². The number of fused-ring (bicyclic) bond motifs is 3. The van der Waals surface area contributed by atoms with Gasteiger partial charge >= 0.3 is 0 Å². The topological polar surface area (TPSA) is 25.9 Å². The first kappa shape index (κ1) is 16.5. The second kappa shape index (κ2) is 6.20.